The molecule has 112 valence electrons. The monoisotopic (exact) mass is 316 g/mol. The van der Waals surface area contributed by atoms with Crippen LogP contribution in [0.1, 0.15) is 29.0 Å². The minimum atomic E-state index is -0.359. The molecule has 1 aliphatic rings. The Morgan fingerprint density at radius 1 is 1.27 bits per heavy atom. The molecule has 0 unspecified atom stereocenters. The third-order valence-electron chi connectivity index (χ3n) is 3.50. The summed E-state index contributed by atoms with van der Waals surface area (Å²) in [5, 5.41) is 6.02. The number of carbonyl (C=O) groups is 2. The van der Waals surface area contributed by atoms with E-state index in [-0.39, 0.29) is 17.6 Å². The molecule has 0 N–H and O–H groups in total. The van der Waals surface area contributed by atoms with Gasteiger partial charge in [0.05, 0.1) is 18.7 Å². The predicted octanol–water partition coefficient (Wildman–Crippen LogP) is 3.12. The molecule has 1 amide bonds. The zero-order chi connectivity index (χ0) is 15.7. The molecule has 6 heteroatoms. The summed E-state index contributed by atoms with van der Waals surface area (Å²) in [5.74, 6) is -0.191. The number of Topliss-reactive ketones (excluding diaryl/α,β-unsaturated/α-hetero) is 1. The van der Waals surface area contributed by atoms with E-state index in [0.717, 1.165) is 0 Å². The molecular weight excluding hydrogens is 304 g/mol. The molecule has 2 aromatic rings. The molecular formula is C16H13ClN2O3. The predicted molar refractivity (Wildman–Crippen MR) is 82.1 cm³/mol. The van der Waals surface area contributed by atoms with Crippen LogP contribution in [0.3, 0.4) is 0 Å². The number of amides is 1. The van der Waals surface area contributed by atoms with Crippen molar-refractivity contribution < 1.29 is 14.0 Å². The van der Waals surface area contributed by atoms with E-state index in [1.54, 1.807) is 36.4 Å². The first-order chi connectivity index (χ1) is 10.6. The third kappa shape index (κ3) is 2.67. The van der Waals surface area contributed by atoms with Crippen molar-refractivity contribution in [2.24, 2.45) is 5.10 Å². The van der Waals surface area contributed by atoms with Gasteiger partial charge in [0.15, 0.2) is 0 Å². The van der Waals surface area contributed by atoms with E-state index in [1.807, 2.05) is 0 Å². The van der Waals surface area contributed by atoms with Crippen LogP contribution in [-0.4, -0.2) is 29.0 Å². The van der Waals surface area contributed by atoms with E-state index < -0.39 is 0 Å². The zero-order valence-electron chi connectivity index (χ0n) is 11.8. The lowest BCUT2D eigenvalue weighted by Crippen LogP contribution is -2.24. The minimum Gasteiger partial charge on any atom is -0.469 e. The van der Waals surface area contributed by atoms with Crippen molar-refractivity contribution in [2.45, 2.75) is 12.8 Å². The molecule has 1 aromatic carbocycles. The first-order valence-electron chi connectivity index (χ1n) is 6.76. The van der Waals surface area contributed by atoms with Crippen LogP contribution in [0.2, 0.25) is 5.02 Å². The lowest BCUT2D eigenvalue weighted by molar-refractivity contribution is -0.128. The van der Waals surface area contributed by atoms with Crippen LogP contribution in [0.5, 0.6) is 0 Å². The quantitative estimate of drug-likeness (QED) is 0.817. The average molecular weight is 317 g/mol. The Labute approximate surface area is 132 Å². The van der Waals surface area contributed by atoms with Gasteiger partial charge in [-0.15, -0.1) is 0 Å². The van der Waals surface area contributed by atoms with Gasteiger partial charge in [0.25, 0.3) is 0 Å². The number of carbonyl (C=O) groups excluding carboxylic acids is 2. The Bertz CT molecular complexity index is 735. The highest BCUT2D eigenvalue weighted by Gasteiger charge is 2.36. The number of hydrazone groups is 1. The molecule has 0 radical (unpaired) electrons. The maximum absolute atomic E-state index is 12.7. The molecule has 3 rings (SSSR count). The van der Waals surface area contributed by atoms with Crippen LogP contribution in [-0.2, 0) is 4.79 Å². The van der Waals surface area contributed by atoms with Gasteiger partial charge in [-0.1, -0.05) is 11.6 Å². The molecule has 0 bridgehead atoms. The molecule has 1 aliphatic heterocycles. The third-order valence-corrected chi connectivity index (χ3v) is 3.76. The summed E-state index contributed by atoms with van der Waals surface area (Å²) in [5.41, 5.74) is 0.776. The molecule has 1 atom stereocenters. The minimum absolute atomic E-state index is 0.213. The second kappa shape index (κ2) is 5.77. The molecule has 0 saturated heterocycles. The Hall–Kier alpha value is -2.40. The van der Waals surface area contributed by atoms with Gasteiger partial charge >= 0.3 is 0 Å². The fraction of sp³-hybridized carbons (Fsp3) is 0.188. The Morgan fingerprint density at radius 2 is 2.00 bits per heavy atom. The standard InChI is InChI=1S/C16H13ClN2O3/c1-10(20)19-9-13(14-3-2-8-22-14)15(18-19)16(21)11-4-6-12(17)7-5-11/h2-8,13H,9H2,1H3/t13-/m0/s1. The molecule has 22 heavy (non-hydrogen) atoms. The molecule has 0 aliphatic carbocycles. The first-order valence-corrected chi connectivity index (χ1v) is 7.14. The van der Waals surface area contributed by atoms with E-state index >= 15 is 0 Å². The normalized spacial score (nSPS) is 17.5. The number of halogens is 1. The number of furan rings is 1. The highest BCUT2D eigenvalue weighted by molar-refractivity contribution is 6.48. The molecule has 2 heterocycles. The Kier molecular flexibility index (Phi) is 3.81. The summed E-state index contributed by atoms with van der Waals surface area (Å²) in [6, 6.07) is 10.1. The van der Waals surface area contributed by atoms with Crippen molar-refractivity contribution in [3.63, 3.8) is 0 Å². The van der Waals surface area contributed by atoms with Gasteiger partial charge < -0.3 is 4.42 Å². The van der Waals surface area contributed by atoms with E-state index in [1.165, 1.54) is 18.2 Å². The molecule has 0 spiro atoms. The van der Waals surface area contributed by atoms with E-state index in [0.29, 0.717) is 28.6 Å². The van der Waals surface area contributed by atoms with Gasteiger partial charge in [0.1, 0.15) is 11.5 Å². The largest absolute Gasteiger partial charge is 0.469 e. The Morgan fingerprint density at radius 3 is 2.59 bits per heavy atom. The topological polar surface area (TPSA) is 62.9 Å². The molecule has 0 saturated carbocycles. The van der Waals surface area contributed by atoms with E-state index in [2.05, 4.69) is 5.10 Å². The van der Waals surface area contributed by atoms with Crippen LogP contribution in [0.25, 0.3) is 0 Å². The summed E-state index contributed by atoms with van der Waals surface area (Å²) in [6.07, 6.45) is 1.54. The number of hydrogen-bond acceptors (Lipinski definition) is 4. The summed E-state index contributed by atoms with van der Waals surface area (Å²) < 4.78 is 5.39. The second-order valence-electron chi connectivity index (χ2n) is 4.99. The van der Waals surface area contributed by atoms with Crippen molar-refractivity contribution in [1.29, 1.82) is 0 Å². The van der Waals surface area contributed by atoms with E-state index in [9.17, 15) is 9.59 Å². The van der Waals surface area contributed by atoms with Crippen LogP contribution >= 0.6 is 11.6 Å². The van der Waals surface area contributed by atoms with Gasteiger partial charge in [-0.3, -0.25) is 9.59 Å². The summed E-state index contributed by atoms with van der Waals surface area (Å²) >= 11 is 5.84. The number of nitrogens with zero attached hydrogens (tertiary/aromatic N) is 2. The van der Waals surface area contributed by atoms with E-state index in [4.69, 9.17) is 16.0 Å². The van der Waals surface area contributed by atoms with Crippen molar-refractivity contribution >= 4 is 29.0 Å². The van der Waals surface area contributed by atoms with Crippen molar-refractivity contribution in [1.82, 2.24) is 5.01 Å². The lowest BCUT2D eigenvalue weighted by atomic mass is 9.94. The van der Waals surface area contributed by atoms with Gasteiger partial charge in [0.2, 0.25) is 11.7 Å². The van der Waals surface area contributed by atoms with Crippen molar-refractivity contribution in [3.05, 3.63) is 59.0 Å². The SMILES string of the molecule is CC(=O)N1C[C@@H](c2ccco2)C(C(=O)c2ccc(Cl)cc2)=N1. The number of hydrogen-bond donors (Lipinski definition) is 0. The first kappa shape index (κ1) is 14.5. The highest BCUT2D eigenvalue weighted by Crippen LogP contribution is 2.27. The molecule has 1 aromatic heterocycles. The van der Waals surface area contributed by atoms with Crippen LogP contribution in [0, 0.1) is 0 Å². The number of rotatable bonds is 3. The van der Waals surface area contributed by atoms with Gasteiger partial charge in [-0.25, -0.2) is 5.01 Å². The lowest BCUT2D eigenvalue weighted by Gasteiger charge is -2.10. The average Bonchev–Trinajstić information content (AvgIpc) is 3.16. The van der Waals surface area contributed by atoms with Crippen LogP contribution in [0.4, 0.5) is 0 Å². The van der Waals surface area contributed by atoms with Gasteiger partial charge in [0, 0.05) is 17.5 Å². The van der Waals surface area contributed by atoms with Gasteiger partial charge in [-0.2, -0.15) is 5.10 Å². The van der Waals surface area contributed by atoms with Crippen LogP contribution < -0.4 is 0 Å². The Balaban J connectivity index is 1.96. The second-order valence-corrected chi connectivity index (χ2v) is 5.43. The fourth-order valence-electron chi connectivity index (χ4n) is 2.37. The number of benzene rings is 1. The van der Waals surface area contributed by atoms with Crippen molar-refractivity contribution in [2.75, 3.05) is 6.54 Å². The highest BCUT2D eigenvalue weighted by atomic mass is 35.5. The molecule has 5 nitrogen and oxygen atoms in total. The smallest absolute Gasteiger partial charge is 0.239 e. The number of ketones is 1. The van der Waals surface area contributed by atoms with Gasteiger partial charge in [-0.05, 0) is 36.4 Å². The summed E-state index contributed by atoms with van der Waals surface area (Å²) in [4.78, 5) is 24.2. The maximum atomic E-state index is 12.7. The van der Waals surface area contributed by atoms with Crippen molar-refractivity contribution in [3.8, 4) is 0 Å². The zero-order valence-corrected chi connectivity index (χ0v) is 12.6. The summed E-state index contributed by atoms with van der Waals surface area (Å²) in [7, 11) is 0. The van der Waals surface area contributed by atoms with Crippen LogP contribution in [0.15, 0.2) is 52.2 Å². The fourth-order valence-corrected chi connectivity index (χ4v) is 2.49. The summed E-state index contributed by atoms with van der Waals surface area (Å²) in [6.45, 7) is 1.72. The maximum Gasteiger partial charge on any atom is 0.239 e. The molecule has 0 fully saturated rings.